The quantitative estimate of drug-likeness (QED) is 0.0718. The molecule has 0 aliphatic carbocycles. The fourth-order valence-electron chi connectivity index (χ4n) is 4.99. The van der Waals surface area contributed by atoms with Gasteiger partial charge in [0, 0.05) is 0 Å². The fourth-order valence-corrected chi connectivity index (χ4v) is 7.75. The lowest BCUT2D eigenvalue weighted by Crippen LogP contribution is -2.70. The molecule has 0 aliphatic rings. The molecule has 1 unspecified atom stereocenters. The van der Waals surface area contributed by atoms with Crippen LogP contribution in [0.15, 0.2) is 30.3 Å². The van der Waals surface area contributed by atoms with E-state index in [4.69, 9.17) is 0 Å². The smallest absolute Gasteiger partial charge is 0.251 e. The highest BCUT2D eigenvalue weighted by molar-refractivity contribution is 7.74. The number of hydrogen-bond donors (Lipinski definition) is 0. The monoisotopic (exact) mass is 677 g/mol. The van der Waals surface area contributed by atoms with E-state index in [1.165, 1.54) is 51.1 Å². The van der Waals surface area contributed by atoms with Crippen LogP contribution in [0.4, 0.5) is 65.8 Å². The molecule has 17 heteroatoms. The van der Waals surface area contributed by atoms with Crippen molar-refractivity contribution in [2.24, 2.45) is 0 Å². The van der Waals surface area contributed by atoms with E-state index in [9.17, 15) is 43.9 Å². The van der Waals surface area contributed by atoms with Gasteiger partial charge in [-0.3, -0.25) is 0 Å². The van der Waals surface area contributed by atoms with Crippen molar-refractivity contribution in [3.05, 3.63) is 112 Å². The normalized spacial score (nSPS) is 13.0. The summed E-state index contributed by atoms with van der Waals surface area (Å²) >= 11 is 0. The van der Waals surface area contributed by atoms with Gasteiger partial charge >= 0.3 is 0 Å². The summed E-state index contributed by atoms with van der Waals surface area (Å²) in [5.74, 6) is -43.2. The molecule has 45 heavy (non-hydrogen) atoms. The van der Waals surface area contributed by atoms with Gasteiger partial charge in [-0.1, -0.05) is 67.5 Å². The van der Waals surface area contributed by atoms with E-state index in [2.05, 4.69) is 0 Å². The van der Waals surface area contributed by atoms with Crippen LogP contribution in [0.2, 0.25) is 0 Å². The molecule has 0 spiro atoms. The molecule has 0 fully saturated rings. The molecule has 0 saturated carbocycles. The van der Waals surface area contributed by atoms with Gasteiger partial charge in [0.1, 0.15) is 34.9 Å². The molecule has 4 aromatic carbocycles. The molecule has 0 N–H and O–H groups in total. The predicted octanol–water partition coefficient (Wildman–Crippen LogP) is 6.80. The van der Waals surface area contributed by atoms with Gasteiger partial charge in [0.05, 0.1) is 5.30 Å². The second kappa shape index (κ2) is 11.6. The molecule has 0 nitrogen and oxygen atoms in total. The Balaban J connectivity index is 2.30. The van der Waals surface area contributed by atoms with Crippen LogP contribution in [0.25, 0.3) is 0 Å². The Morgan fingerprint density at radius 2 is 0.689 bits per heavy atom. The number of rotatable bonds is 5. The fraction of sp³-hybridized carbons (Fsp3) is 0.143. The molecule has 1 atom stereocenters. The largest absolute Gasteiger partial charge is 0.498 e. The van der Waals surface area contributed by atoms with E-state index < -0.39 is 123 Å². The third-order valence-electron chi connectivity index (χ3n) is 6.86. The minimum atomic E-state index is -6.85. The summed E-state index contributed by atoms with van der Waals surface area (Å²) in [7, 11) is -2.56. The van der Waals surface area contributed by atoms with E-state index in [0.29, 0.717) is 0 Å². The van der Waals surface area contributed by atoms with Gasteiger partial charge in [0.25, 0.3) is 6.42 Å². The lowest BCUT2D eigenvalue weighted by Gasteiger charge is -2.38. The van der Waals surface area contributed by atoms with Crippen molar-refractivity contribution in [1.29, 1.82) is 0 Å². The lowest BCUT2D eigenvalue weighted by molar-refractivity contribution is 0.380. The maximum absolute atomic E-state index is 17.2. The SMILES string of the molecule is CC(C)(C)P(c1ccccc1)c1c(F)c(F)c([B-](F)(c2c(F)c(F)c(F)c(F)c2F)c2c(F)c(F)c(F)c(F)c2F)c(F)c1F. The molecule has 0 saturated heterocycles. The van der Waals surface area contributed by atoms with Crippen LogP contribution in [0.5, 0.6) is 0 Å². The summed E-state index contributed by atoms with van der Waals surface area (Å²) in [6.07, 6.45) is -6.85. The minimum absolute atomic E-state index is 0.0425. The minimum Gasteiger partial charge on any atom is -0.498 e. The number of halogens is 15. The molecule has 240 valence electrons. The standard InChI is InChI=1S/C28H14BF15P/c1-28(2,3)45(9-7-5-4-6-8-9)27-25(42)17(34)12(18(35)26(27)43)29(44,10-13(30)19(36)23(40)20(37)14(10)31)11-15(32)21(38)24(41)22(39)16(11)33/h4-8H,1-3H3/q-1. The first-order chi connectivity index (χ1) is 20.7. The Bertz CT molecular complexity index is 1700. The van der Waals surface area contributed by atoms with E-state index >= 15 is 21.9 Å². The molecular formula is C28H14BF15P-. The molecule has 0 aliphatic heterocycles. The maximum atomic E-state index is 17.2. The first-order valence-electron chi connectivity index (χ1n) is 12.3. The van der Waals surface area contributed by atoms with Gasteiger partial charge in [-0.05, 0) is 18.4 Å². The molecule has 0 heterocycles. The molecule has 4 aromatic rings. The summed E-state index contributed by atoms with van der Waals surface area (Å²) in [5.41, 5.74) is -9.42. The van der Waals surface area contributed by atoms with Crippen LogP contribution in [0.1, 0.15) is 20.8 Å². The molecule has 0 bridgehead atoms. The van der Waals surface area contributed by atoms with Gasteiger partial charge in [-0.25, -0.2) is 61.5 Å². The maximum Gasteiger partial charge on any atom is 0.251 e. The molecule has 4 rings (SSSR count). The van der Waals surface area contributed by atoms with Crippen LogP contribution in [0, 0.1) is 81.4 Å². The zero-order valence-corrected chi connectivity index (χ0v) is 23.5. The van der Waals surface area contributed by atoms with Crippen LogP contribution >= 0.6 is 7.92 Å². The van der Waals surface area contributed by atoms with Crippen molar-refractivity contribution in [3.8, 4) is 0 Å². The highest BCUT2D eigenvalue weighted by Gasteiger charge is 2.49. The summed E-state index contributed by atoms with van der Waals surface area (Å²) in [6, 6.07) is 6.70. The van der Waals surface area contributed by atoms with Crippen molar-refractivity contribution in [2.45, 2.75) is 25.9 Å². The van der Waals surface area contributed by atoms with E-state index in [1.807, 2.05) is 0 Å². The van der Waals surface area contributed by atoms with Gasteiger partial charge in [0.15, 0.2) is 46.5 Å². The molecule has 0 aromatic heterocycles. The van der Waals surface area contributed by atoms with Gasteiger partial charge in [0.2, 0.25) is 0 Å². The lowest BCUT2D eigenvalue weighted by atomic mass is 9.30. The van der Waals surface area contributed by atoms with Crippen LogP contribution in [-0.4, -0.2) is 11.6 Å². The Kier molecular flexibility index (Phi) is 8.82. The average molecular weight is 677 g/mol. The van der Waals surface area contributed by atoms with Crippen molar-refractivity contribution in [3.63, 3.8) is 0 Å². The van der Waals surface area contributed by atoms with Gasteiger partial charge in [-0.2, -0.15) is 0 Å². The zero-order chi connectivity index (χ0) is 34.1. The Labute approximate surface area is 245 Å². The Hall–Kier alpha value is -3.68. The summed E-state index contributed by atoms with van der Waals surface area (Å²) in [6.45, 7) is 4.05. The highest BCUT2D eigenvalue weighted by Crippen LogP contribution is 2.49. The van der Waals surface area contributed by atoms with E-state index in [-0.39, 0.29) is 5.30 Å². The van der Waals surface area contributed by atoms with Gasteiger partial charge in [-0.15, -0.1) is 0 Å². The second-order valence-corrected chi connectivity index (χ2v) is 13.6. The highest BCUT2D eigenvalue weighted by atomic mass is 31.1. The number of hydrogen-bond acceptors (Lipinski definition) is 0. The van der Waals surface area contributed by atoms with Gasteiger partial charge < -0.3 is 4.32 Å². The Morgan fingerprint density at radius 3 is 0.978 bits per heavy atom. The first-order valence-corrected chi connectivity index (χ1v) is 13.7. The zero-order valence-electron chi connectivity index (χ0n) is 22.6. The second-order valence-electron chi connectivity index (χ2n) is 10.6. The first kappa shape index (κ1) is 34.2. The average Bonchev–Trinajstić information content (AvgIpc) is 2.98. The van der Waals surface area contributed by atoms with Crippen LogP contribution < -0.4 is 27.0 Å². The van der Waals surface area contributed by atoms with E-state index in [0.717, 1.165) is 0 Å². The summed E-state index contributed by atoms with van der Waals surface area (Å²) in [4.78, 5) is 0. The van der Waals surface area contributed by atoms with Crippen molar-refractivity contribution in [1.82, 2.24) is 0 Å². The Morgan fingerprint density at radius 1 is 0.422 bits per heavy atom. The van der Waals surface area contributed by atoms with Crippen LogP contribution in [0.3, 0.4) is 0 Å². The third kappa shape index (κ3) is 5.05. The van der Waals surface area contributed by atoms with Crippen LogP contribution in [-0.2, 0) is 0 Å². The van der Waals surface area contributed by atoms with Crippen molar-refractivity contribution < 1.29 is 65.8 Å². The predicted molar refractivity (Wildman–Crippen MR) is 137 cm³/mol. The molecular weight excluding hydrogens is 663 g/mol. The third-order valence-corrected chi connectivity index (χ3v) is 9.86. The van der Waals surface area contributed by atoms with E-state index in [1.54, 1.807) is 0 Å². The van der Waals surface area contributed by atoms with Crippen molar-refractivity contribution >= 4 is 41.3 Å². The summed E-state index contributed by atoms with van der Waals surface area (Å²) in [5, 5.41) is -2.71. The summed E-state index contributed by atoms with van der Waals surface area (Å²) < 4.78 is 225. The molecule has 0 amide bonds. The molecule has 0 radical (unpaired) electrons. The topological polar surface area (TPSA) is 0 Å². The van der Waals surface area contributed by atoms with Crippen molar-refractivity contribution in [2.75, 3.05) is 0 Å². The number of benzene rings is 4.